The number of ether oxygens (including phenoxy) is 1. The fourth-order valence-electron chi connectivity index (χ4n) is 1.98. The molecule has 1 aromatic heterocycles. The van der Waals surface area contributed by atoms with Gasteiger partial charge >= 0.3 is 0 Å². The number of rotatable bonds is 5. The third-order valence-electron chi connectivity index (χ3n) is 3.12. The summed E-state index contributed by atoms with van der Waals surface area (Å²) in [6.07, 6.45) is 0. The highest BCUT2D eigenvalue weighted by molar-refractivity contribution is 5.36. The Morgan fingerprint density at radius 3 is 2.47 bits per heavy atom. The molecule has 0 aliphatic heterocycles. The summed E-state index contributed by atoms with van der Waals surface area (Å²) >= 11 is 0. The van der Waals surface area contributed by atoms with Gasteiger partial charge in [0.25, 0.3) is 0 Å². The van der Waals surface area contributed by atoms with Crippen LogP contribution in [0, 0.1) is 0 Å². The molecular weight excluding hydrogens is 240 g/mol. The van der Waals surface area contributed by atoms with E-state index in [1.54, 1.807) is 11.8 Å². The fourth-order valence-corrected chi connectivity index (χ4v) is 1.98. The first-order chi connectivity index (χ1) is 9.17. The zero-order valence-corrected chi connectivity index (χ0v) is 11.6. The number of hydrogen-bond acceptors (Lipinski definition) is 4. The Bertz CT molecular complexity index is 531. The second-order valence-electron chi connectivity index (χ2n) is 4.78. The first-order valence-electron chi connectivity index (χ1n) is 6.40. The summed E-state index contributed by atoms with van der Waals surface area (Å²) in [7, 11) is 1.65. The van der Waals surface area contributed by atoms with Gasteiger partial charge in [-0.3, -0.25) is 0 Å². The average Bonchev–Trinajstić information content (AvgIpc) is 2.82. The van der Waals surface area contributed by atoms with Crippen molar-refractivity contribution in [1.29, 1.82) is 0 Å². The molecule has 5 nitrogen and oxygen atoms in total. The number of nitrogens with two attached hydrogens (primary N) is 1. The van der Waals surface area contributed by atoms with Crippen LogP contribution in [0.1, 0.15) is 36.7 Å². The Morgan fingerprint density at radius 1 is 1.26 bits per heavy atom. The lowest BCUT2D eigenvalue weighted by Crippen LogP contribution is -2.07. The van der Waals surface area contributed by atoms with Crippen molar-refractivity contribution in [3.8, 4) is 5.69 Å². The molecule has 0 saturated heterocycles. The van der Waals surface area contributed by atoms with Crippen molar-refractivity contribution >= 4 is 0 Å². The van der Waals surface area contributed by atoms with Gasteiger partial charge in [0.15, 0.2) is 0 Å². The molecule has 0 spiro atoms. The summed E-state index contributed by atoms with van der Waals surface area (Å²) in [5.41, 5.74) is 9.62. The highest BCUT2D eigenvalue weighted by Gasteiger charge is 2.13. The lowest BCUT2D eigenvalue weighted by Gasteiger charge is -2.09. The Kier molecular flexibility index (Phi) is 4.29. The van der Waals surface area contributed by atoms with Crippen LogP contribution in [0.3, 0.4) is 0 Å². The second-order valence-corrected chi connectivity index (χ2v) is 4.78. The van der Waals surface area contributed by atoms with Crippen molar-refractivity contribution in [3.63, 3.8) is 0 Å². The molecule has 0 aliphatic carbocycles. The van der Waals surface area contributed by atoms with Gasteiger partial charge in [-0.25, -0.2) is 4.68 Å². The quantitative estimate of drug-likeness (QED) is 0.893. The maximum Gasteiger partial charge on any atom is 0.102 e. The molecular formula is C14H20N4O. The van der Waals surface area contributed by atoms with Crippen LogP contribution in [0.2, 0.25) is 0 Å². The van der Waals surface area contributed by atoms with Crippen LogP contribution in [-0.4, -0.2) is 22.1 Å². The molecule has 0 atom stereocenters. The van der Waals surface area contributed by atoms with Gasteiger partial charge in [-0.05, 0) is 23.6 Å². The van der Waals surface area contributed by atoms with Crippen molar-refractivity contribution in [2.45, 2.75) is 32.9 Å². The molecule has 2 N–H and O–H groups in total. The minimum Gasteiger partial charge on any atom is -0.378 e. The van der Waals surface area contributed by atoms with Crippen molar-refractivity contribution in [1.82, 2.24) is 15.0 Å². The van der Waals surface area contributed by atoms with Crippen molar-refractivity contribution in [2.75, 3.05) is 7.11 Å². The normalized spacial score (nSPS) is 11.2. The van der Waals surface area contributed by atoms with Crippen LogP contribution in [0.15, 0.2) is 24.3 Å². The van der Waals surface area contributed by atoms with Gasteiger partial charge in [0.2, 0.25) is 0 Å². The predicted octanol–water partition coefficient (Wildman–Crippen LogP) is 2.00. The molecule has 2 aromatic rings. The summed E-state index contributed by atoms with van der Waals surface area (Å²) in [4.78, 5) is 0. The van der Waals surface area contributed by atoms with Crippen LogP contribution in [0.4, 0.5) is 0 Å². The van der Waals surface area contributed by atoms with E-state index in [4.69, 9.17) is 10.5 Å². The molecule has 0 bridgehead atoms. The smallest absolute Gasteiger partial charge is 0.102 e. The van der Waals surface area contributed by atoms with E-state index in [0.717, 1.165) is 17.1 Å². The highest BCUT2D eigenvalue weighted by atomic mass is 16.5. The predicted molar refractivity (Wildman–Crippen MR) is 74.1 cm³/mol. The monoisotopic (exact) mass is 260 g/mol. The molecule has 0 unspecified atom stereocenters. The molecule has 0 saturated carbocycles. The van der Waals surface area contributed by atoms with Crippen LogP contribution >= 0.6 is 0 Å². The second kappa shape index (κ2) is 5.95. The molecule has 19 heavy (non-hydrogen) atoms. The van der Waals surface area contributed by atoms with E-state index in [1.165, 1.54) is 5.56 Å². The van der Waals surface area contributed by atoms with Crippen molar-refractivity contribution < 1.29 is 4.74 Å². The minimum atomic E-state index is 0.364. The van der Waals surface area contributed by atoms with Gasteiger partial charge in [0.1, 0.15) is 5.69 Å². The Balaban J connectivity index is 2.38. The number of aromatic nitrogens is 3. The molecule has 0 fully saturated rings. The van der Waals surface area contributed by atoms with E-state index in [9.17, 15) is 0 Å². The van der Waals surface area contributed by atoms with Crippen LogP contribution in [0.5, 0.6) is 0 Å². The SMILES string of the molecule is COCc1c(CN)nnn1-c1ccc(C(C)C)cc1. The van der Waals surface area contributed by atoms with E-state index in [-0.39, 0.29) is 0 Å². The largest absolute Gasteiger partial charge is 0.378 e. The Labute approximate surface area is 113 Å². The molecule has 0 radical (unpaired) electrons. The molecule has 0 aliphatic rings. The number of nitrogens with zero attached hydrogens (tertiary/aromatic N) is 3. The maximum atomic E-state index is 5.66. The average molecular weight is 260 g/mol. The molecule has 2 rings (SSSR count). The van der Waals surface area contributed by atoms with Crippen LogP contribution in [-0.2, 0) is 17.9 Å². The van der Waals surface area contributed by atoms with Gasteiger partial charge in [0.05, 0.1) is 18.0 Å². The fraction of sp³-hybridized carbons (Fsp3) is 0.429. The zero-order valence-electron chi connectivity index (χ0n) is 11.6. The lowest BCUT2D eigenvalue weighted by atomic mass is 10.0. The molecule has 5 heteroatoms. The zero-order chi connectivity index (χ0) is 13.8. The van der Waals surface area contributed by atoms with Gasteiger partial charge < -0.3 is 10.5 Å². The first-order valence-corrected chi connectivity index (χ1v) is 6.40. The highest BCUT2D eigenvalue weighted by Crippen LogP contribution is 2.18. The molecule has 102 valence electrons. The summed E-state index contributed by atoms with van der Waals surface area (Å²) in [5.74, 6) is 0.517. The molecule has 1 heterocycles. The number of benzene rings is 1. The van der Waals surface area contributed by atoms with Gasteiger partial charge in [-0.15, -0.1) is 5.10 Å². The first kappa shape index (κ1) is 13.7. The summed E-state index contributed by atoms with van der Waals surface area (Å²) in [6.45, 7) is 5.16. The van der Waals surface area contributed by atoms with E-state index >= 15 is 0 Å². The van der Waals surface area contributed by atoms with Gasteiger partial charge in [-0.1, -0.05) is 31.2 Å². The Morgan fingerprint density at radius 2 is 1.95 bits per heavy atom. The molecule has 1 aromatic carbocycles. The van der Waals surface area contributed by atoms with E-state index in [2.05, 4.69) is 36.3 Å². The topological polar surface area (TPSA) is 66.0 Å². The maximum absolute atomic E-state index is 5.66. The summed E-state index contributed by atoms with van der Waals surface area (Å²) in [6, 6.07) is 8.31. The van der Waals surface area contributed by atoms with Gasteiger partial charge in [-0.2, -0.15) is 0 Å². The third-order valence-corrected chi connectivity index (χ3v) is 3.12. The lowest BCUT2D eigenvalue weighted by molar-refractivity contribution is 0.178. The summed E-state index contributed by atoms with van der Waals surface area (Å²) < 4.78 is 6.98. The Hall–Kier alpha value is -1.72. The number of hydrogen-bond donors (Lipinski definition) is 1. The van der Waals surface area contributed by atoms with Crippen molar-refractivity contribution in [2.24, 2.45) is 5.73 Å². The third kappa shape index (κ3) is 2.83. The van der Waals surface area contributed by atoms with Crippen molar-refractivity contribution in [3.05, 3.63) is 41.2 Å². The van der Waals surface area contributed by atoms with Gasteiger partial charge in [0, 0.05) is 13.7 Å². The standard InChI is InChI=1S/C14H20N4O/c1-10(2)11-4-6-12(7-5-11)18-14(9-19-3)13(8-15)16-17-18/h4-7,10H,8-9,15H2,1-3H3. The van der Waals surface area contributed by atoms with Crippen LogP contribution < -0.4 is 5.73 Å². The molecule has 0 amide bonds. The van der Waals surface area contributed by atoms with E-state index in [0.29, 0.717) is 19.1 Å². The minimum absolute atomic E-state index is 0.364. The summed E-state index contributed by atoms with van der Waals surface area (Å²) in [5, 5.41) is 8.25. The number of methoxy groups -OCH3 is 1. The van der Waals surface area contributed by atoms with Crippen LogP contribution in [0.25, 0.3) is 5.69 Å². The van der Waals surface area contributed by atoms with E-state index in [1.807, 2.05) is 12.1 Å². The van der Waals surface area contributed by atoms with E-state index < -0.39 is 0 Å².